The first kappa shape index (κ1) is 17.5. The maximum absolute atomic E-state index is 12.3. The fourth-order valence-electron chi connectivity index (χ4n) is 5.75. The van der Waals surface area contributed by atoms with Crippen molar-refractivity contribution in [2.24, 2.45) is 23.2 Å². The van der Waals surface area contributed by atoms with Gasteiger partial charge in [-0.3, -0.25) is 4.79 Å². The van der Waals surface area contributed by atoms with Crippen molar-refractivity contribution < 1.29 is 13.2 Å². The van der Waals surface area contributed by atoms with E-state index in [0.717, 1.165) is 35.5 Å². The molecule has 0 aliphatic heterocycles. The third kappa shape index (κ3) is 3.37. The summed E-state index contributed by atoms with van der Waals surface area (Å²) in [5.41, 5.74) is 0.451. The molecule has 25 heavy (non-hydrogen) atoms. The second-order valence-electron chi connectivity index (χ2n) is 8.32. The molecule has 7 heteroatoms. The SMILES string of the molecule is CCS(=O)(=O)c1ncc(C(=O)NCCC23CC4CC(CC(C4)C2)C3)s1. The van der Waals surface area contributed by atoms with Gasteiger partial charge in [-0.2, -0.15) is 0 Å². The van der Waals surface area contributed by atoms with E-state index in [4.69, 9.17) is 0 Å². The van der Waals surface area contributed by atoms with Crippen LogP contribution < -0.4 is 5.32 Å². The van der Waals surface area contributed by atoms with E-state index in [9.17, 15) is 13.2 Å². The topological polar surface area (TPSA) is 76.1 Å². The number of thiazole rings is 1. The average Bonchev–Trinajstić information content (AvgIpc) is 3.04. The Morgan fingerprint density at radius 3 is 2.40 bits per heavy atom. The fourth-order valence-corrected chi connectivity index (χ4v) is 7.91. The highest BCUT2D eigenvalue weighted by atomic mass is 32.2. The first-order valence-electron chi connectivity index (χ1n) is 9.36. The van der Waals surface area contributed by atoms with Gasteiger partial charge in [-0.05, 0) is 68.1 Å². The first-order chi connectivity index (χ1) is 11.9. The molecule has 5 rings (SSSR count). The molecule has 1 aromatic heterocycles. The largest absolute Gasteiger partial charge is 0.351 e. The van der Waals surface area contributed by atoms with Crippen LogP contribution in [0.25, 0.3) is 0 Å². The predicted molar refractivity (Wildman–Crippen MR) is 97.4 cm³/mol. The van der Waals surface area contributed by atoms with E-state index in [0.29, 0.717) is 16.8 Å². The Labute approximate surface area is 153 Å². The maximum atomic E-state index is 12.3. The quantitative estimate of drug-likeness (QED) is 0.819. The van der Waals surface area contributed by atoms with Gasteiger partial charge in [-0.1, -0.05) is 18.3 Å². The minimum absolute atomic E-state index is 0.00753. The molecule has 0 radical (unpaired) electrons. The molecule has 138 valence electrons. The molecule has 1 N–H and O–H groups in total. The molecule has 1 heterocycles. The van der Waals surface area contributed by atoms with Crippen molar-refractivity contribution in [2.45, 2.75) is 56.2 Å². The van der Waals surface area contributed by atoms with Gasteiger partial charge < -0.3 is 5.32 Å². The summed E-state index contributed by atoms with van der Waals surface area (Å²) < 4.78 is 23.7. The minimum Gasteiger partial charge on any atom is -0.351 e. The van der Waals surface area contributed by atoms with Crippen LogP contribution in [0.15, 0.2) is 10.5 Å². The molecule has 0 atom stereocenters. The predicted octanol–water partition coefficient (Wildman–Crippen LogP) is 3.27. The lowest BCUT2D eigenvalue weighted by atomic mass is 9.49. The van der Waals surface area contributed by atoms with Crippen LogP contribution in [0.5, 0.6) is 0 Å². The van der Waals surface area contributed by atoms with Gasteiger partial charge in [0.25, 0.3) is 5.91 Å². The number of hydrogen-bond donors (Lipinski definition) is 1. The number of hydrogen-bond acceptors (Lipinski definition) is 5. The molecule has 4 fully saturated rings. The molecule has 0 aromatic carbocycles. The minimum atomic E-state index is -3.33. The van der Waals surface area contributed by atoms with E-state index >= 15 is 0 Å². The Morgan fingerprint density at radius 2 is 1.84 bits per heavy atom. The number of nitrogens with one attached hydrogen (secondary N) is 1. The van der Waals surface area contributed by atoms with Crippen molar-refractivity contribution in [3.8, 4) is 0 Å². The Hall–Kier alpha value is -0.950. The van der Waals surface area contributed by atoms with Crippen molar-refractivity contribution in [2.75, 3.05) is 12.3 Å². The van der Waals surface area contributed by atoms with E-state index in [1.165, 1.54) is 44.7 Å². The summed E-state index contributed by atoms with van der Waals surface area (Å²) in [4.78, 5) is 16.6. The molecule has 4 saturated carbocycles. The van der Waals surface area contributed by atoms with E-state index in [-0.39, 0.29) is 16.0 Å². The highest BCUT2D eigenvalue weighted by molar-refractivity contribution is 7.93. The number of amides is 1. The van der Waals surface area contributed by atoms with Gasteiger partial charge >= 0.3 is 0 Å². The summed E-state index contributed by atoms with van der Waals surface area (Å²) in [7, 11) is -3.33. The summed E-state index contributed by atoms with van der Waals surface area (Å²) in [5, 5.41) is 2.99. The van der Waals surface area contributed by atoms with Crippen LogP contribution >= 0.6 is 11.3 Å². The van der Waals surface area contributed by atoms with Gasteiger partial charge in [0.2, 0.25) is 14.2 Å². The molecule has 5 nitrogen and oxygen atoms in total. The lowest BCUT2D eigenvalue weighted by Gasteiger charge is -2.57. The van der Waals surface area contributed by atoms with Gasteiger partial charge in [0.1, 0.15) is 4.88 Å². The van der Waals surface area contributed by atoms with Gasteiger partial charge in [-0.25, -0.2) is 13.4 Å². The van der Waals surface area contributed by atoms with Gasteiger partial charge in [0.05, 0.1) is 11.9 Å². The van der Waals surface area contributed by atoms with Crippen LogP contribution in [0.1, 0.15) is 61.5 Å². The van der Waals surface area contributed by atoms with Crippen molar-refractivity contribution >= 4 is 27.1 Å². The van der Waals surface area contributed by atoms with Gasteiger partial charge in [0.15, 0.2) is 0 Å². The van der Waals surface area contributed by atoms with E-state index < -0.39 is 9.84 Å². The number of sulfone groups is 1. The van der Waals surface area contributed by atoms with Crippen molar-refractivity contribution in [1.29, 1.82) is 0 Å². The molecule has 4 aliphatic carbocycles. The van der Waals surface area contributed by atoms with Gasteiger partial charge in [-0.15, -0.1) is 0 Å². The van der Waals surface area contributed by atoms with Crippen molar-refractivity contribution in [3.05, 3.63) is 11.1 Å². The van der Waals surface area contributed by atoms with E-state index in [1.54, 1.807) is 6.92 Å². The highest BCUT2D eigenvalue weighted by Gasteiger charge is 2.50. The van der Waals surface area contributed by atoms with Crippen LogP contribution in [0, 0.1) is 23.2 Å². The lowest BCUT2D eigenvalue weighted by molar-refractivity contribution is -0.0564. The molecular formula is C18H26N2O3S2. The van der Waals surface area contributed by atoms with E-state index in [2.05, 4.69) is 10.3 Å². The summed E-state index contributed by atoms with van der Waals surface area (Å²) in [5.74, 6) is 2.58. The monoisotopic (exact) mass is 382 g/mol. The number of carbonyl (C=O) groups excluding carboxylic acids is 1. The van der Waals surface area contributed by atoms with E-state index in [1.807, 2.05) is 0 Å². The van der Waals surface area contributed by atoms with Crippen LogP contribution in [0.3, 0.4) is 0 Å². The third-order valence-corrected chi connectivity index (χ3v) is 9.66. The van der Waals surface area contributed by atoms with Crippen molar-refractivity contribution in [1.82, 2.24) is 10.3 Å². The number of carbonyl (C=O) groups is 1. The smallest absolute Gasteiger partial charge is 0.263 e. The zero-order valence-electron chi connectivity index (χ0n) is 14.7. The lowest BCUT2D eigenvalue weighted by Crippen LogP contribution is -2.47. The standard InChI is InChI=1S/C18H26N2O3S2/c1-2-25(22,23)17-20-11-15(24-17)16(21)19-4-3-18-8-12-5-13(9-18)7-14(6-12)10-18/h11-14H,2-10H2,1H3,(H,19,21). The molecule has 1 amide bonds. The second-order valence-corrected chi connectivity index (χ2v) is 11.8. The Bertz CT molecular complexity index is 734. The zero-order valence-corrected chi connectivity index (χ0v) is 16.3. The fraction of sp³-hybridized carbons (Fsp3) is 0.778. The second kappa shape index (κ2) is 6.34. The number of aromatic nitrogens is 1. The normalized spacial score (nSPS) is 33.6. The summed E-state index contributed by atoms with van der Waals surface area (Å²) in [6.45, 7) is 2.26. The molecule has 0 spiro atoms. The summed E-state index contributed by atoms with van der Waals surface area (Å²) in [6.07, 6.45) is 10.8. The van der Waals surface area contributed by atoms with Crippen molar-refractivity contribution in [3.63, 3.8) is 0 Å². The van der Waals surface area contributed by atoms with Crippen LogP contribution in [0.4, 0.5) is 0 Å². The first-order valence-corrected chi connectivity index (χ1v) is 11.8. The van der Waals surface area contributed by atoms with Gasteiger partial charge in [0, 0.05) is 6.54 Å². The zero-order chi connectivity index (χ0) is 17.7. The van der Waals surface area contributed by atoms with Crippen LogP contribution in [-0.4, -0.2) is 31.6 Å². The number of nitrogens with zero attached hydrogens (tertiary/aromatic N) is 1. The summed E-state index contributed by atoms with van der Waals surface area (Å²) in [6, 6.07) is 0. The Kier molecular flexibility index (Phi) is 4.43. The molecule has 0 saturated heterocycles. The average molecular weight is 383 g/mol. The molecular weight excluding hydrogens is 356 g/mol. The maximum Gasteiger partial charge on any atom is 0.263 e. The molecule has 4 bridgehead atoms. The highest BCUT2D eigenvalue weighted by Crippen LogP contribution is 2.61. The molecule has 1 aromatic rings. The third-order valence-electron chi connectivity index (χ3n) is 6.46. The molecule has 0 unspecified atom stereocenters. The molecule has 4 aliphatic rings. The summed E-state index contributed by atoms with van der Waals surface area (Å²) >= 11 is 0.971. The van der Waals surface area contributed by atoms with Crippen LogP contribution in [0.2, 0.25) is 0 Å². The van der Waals surface area contributed by atoms with Crippen LogP contribution in [-0.2, 0) is 9.84 Å². The number of rotatable bonds is 6. The Morgan fingerprint density at radius 1 is 1.24 bits per heavy atom. The Balaban J connectivity index is 1.34.